The summed E-state index contributed by atoms with van der Waals surface area (Å²) in [4.78, 5) is 12.6. The van der Waals surface area contributed by atoms with Gasteiger partial charge in [0.25, 0.3) is 0 Å². The highest BCUT2D eigenvalue weighted by molar-refractivity contribution is 8.22. The van der Waals surface area contributed by atoms with E-state index in [0.717, 1.165) is 18.6 Å². The summed E-state index contributed by atoms with van der Waals surface area (Å²) >= 11 is 5.21. The summed E-state index contributed by atoms with van der Waals surface area (Å²) in [6, 6.07) is 0. The van der Waals surface area contributed by atoms with Gasteiger partial charge in [-0.2, -0.15) is 0 Å². The van der Waals surface area contributed by atoms with Gasteiger partial charge in [0.05, 0.1) is 0 Å². The summed E-state index contributed by atoms with van der Waals surface area (Å²) in [6.07, 6.45) is 5.66. The van der Waals surface area contributed by atoms with Crippen molar-refractivity contribution in [3.63, 3.8) is 0 Å². The normalized spacial score (nSPS) is 16.2. The van der Waals surface area contributed by atoms with Crippen molar-refractivity contribution in [2.24, 2.45) is 0 Å². The summed E-state index contributed by atoms with van der Waals surface area (Å²) < 4.78 is 0. The van der Waals surface area contributed by atoms with Crippen LogP contribution in [0, 0.1) is 0 Å². The zero-order valence-electron chi connectivity index (χ0n) is 8.19. The fourth-order valence-corrected chi connectivity index (χ4v) is 3.95. The van der Waals surface area contributed by atoms with Crippen LogP contribution >= 0.6 is 35.3 Å². The Hall–Kier alpha value is 0.200. The van der Waals surface area contributed by atoms with Gasteiger partial charge in [-0.3, -0.25) is 4.79 Å². The minimum atomic E-state index is 0.176. The predicted molar refractivity (Wildman–Crippen MR) is 69.6 cm³/mol. The van der Waals surface area contributed by atoms with Gasteiger partial charge in [-0.25, -0.2) is 0 Å². The Kier molecular flexibility index (Phi) is 6.56. The van der Waals surface area contributed by atoms with Crippen molar-refractivity contribution in [3.05, 3.63) is 22.5 Å². The van der Waals surface area contributed by atoms with Gasteiger partial charge < -0.3 is 0 Å². The highest BCUT2D eigenvalue weighted by Gasteiger charge is 2.05. The number of allylic oxidation sites excluding steroid dienone is 2. The molecule has 0 fully saturated rings. The van der Waals surface area contributed by atoms with Crippen LogP contribution in [-0.2, 0) is 4.79 Å². The van der Waals surface area contributed by atoms with Crippen LogP contribution in [0.4, 0.5) is 0 Å². The summed E-state index contributed by atoms with van der Waals surface area (Å²) in [6.45, 7) is 1.87. The number of hydrogen-bond acceptors (Lipinski definition) is 4. The molecule has 1 heterocycles. The lowest BCUT2D eigenvalue weighted by Gasteiger charge is -1.99. The van der Waals surface area contributed by atoms with E-state index >= 15 is 0 Å². The van der Waals surface area contributed by atoms with Crippen LogP contribution < -0.4 is 0 Å². The maximum atomic E-state index is 11.1. The quantitative estimate of drug-likeness (QED) is 0.540. The first-order valence-electron chi connectivity index (χ1n) is 4.56. The molecular weight excluding hydrogens is 232 g/mol. The lowest BCUT2D eigenvalue weighted by atomic mass is 10.3. The molecule has 0 saturated heterocycles. The molecule has 1 rings (SSSR count). The number of thioether (sulfide) groups is 3. The highest BCUT2D eigenvalue weighted by atomic mass is 32.2. The highest BCUT2D eigenvalue weighted by Crippen LogP contribution is 2.34. The minimum absolute atomic E-state index is 0.176. The van der Waals surface area contributed by atoms with E-state index in [1.165, 1.54) is 21.8 Å². The molecule has 0 saturated carbocycles. The maximum absolute atomic E-state index is 11.1. The van der Waals surface area contributed by atoms with Gasteiger partial charge in [-0.1, -0.05) is 17.8 Å². The molecule has 0 spiro atoms. The van der Waals surface area contributed by atoms with Crippen molar-refractivity contribution in [3.8, 4) is 0 Å². The van der Waals surface area contributed by atoms with Gasteiger partial charge in [0.15, 0.2) is 0 Å². The molecule has 0 radical (unpaired) electrons. The third kappa shape index (κ3) is 5.17. The molecule has 0 bridgehead atoms. The molecule has 0 aliphatic carbocycles. The van der Waals surface area contributed by atoms with E-state index in [9.17, 15) is 4.79 Å². The van der Waals surface area contributed by atoms with Crippen LogP contribution in [-0.4, -0.2) is 16.0 Å². The third-order valence-corrected chi connectivity index (χ3v) is 4.86. The Morgan fingerprint density at radius 1 is 1.71 bits per heavy atom. The summed E-state index contributed by atoms with van der Waals surface area (Å²) in [5, 5.41) is 3.58. The monoisotopic (exact) mass is 246 g/mol. The summed E-state index contributed by atoms with van der Waals surface area (Å²) in [5.41, 5.74) is 0. The second-order valence-corrected chi connectivity index (χ2v) is 6.21. The van der Waals surface area contributed by atoms with Gasteiger partial charge >= 0.3 is 0 Å². The van der Waals surface area contributed by atoms with Crippen molar-refractivity contribution < 1.29 is 4.79 Å². The Morgan fingerprint density at radius 3 is 3.21 bits per heavy atom. The zero-order chi connectivity index (χ0) is 10.2. The molecule has 1 aliphatic heterocycles. The zero-order valence-corrected chi connectivity index (χ0v) is 10.6. The molecular formula is C10H14OS3. The molecule has 0 atom stereocenters. The lowest BCUT2D eigenvalue weighted by Crippen LogP contribution is -1.88. The van der Waals surface area contributed by atoms with Crippen LogP contribution in [0.5, 0.6) is 0 Å². The molecule has 14 heavy (non-hydrogen) atoms. The Balaban J connectivity index is 2.01. The van der Waals surface area contributed by atoms with Gasteiger partial charge in [0.1, 0.15) is 0 Å². The average Bonchev–Trinajstić information content (AvgIpc) is 2.65. The fourth-order valence-electron chi connectivity index (χ4n) is 1.01. The van der Waals surface area contributed by atoms with Crippen LogP contribution in [0.1, 0.15) is 19.8 Å². The van der Waals surface area contributed by atoms with E-state index in [1.54, 1.807) is 12.2 Å². The molecule has 1 nitrogen and oxygen atoms in total. The Labute approximate surface area is 98.2 Å². The average molecular weight is 246 g/mol. The molecule has 0 amide bonds. The van der Waals surface area contributed by atoms with E-state index in [1.807, 2.05) is 30.4 Å². The molecule has 0 aromatic carbocycles. The van der Waals surface area contributed by atoms with E-state index in [4.69, 9.17) is 0 Å². The summed E-state index contributed by atoms with van der Waals surface area (Å²) in [5.74, 6) is 0.936. The van der Waals surface area contributed by atoms with Crippen molar-refractivity contribution >= 4 is 40.4 Å². The van der Waals surface area contributed by atoms with Crippen molar-refractivity contribution in [1.29, 1.82) is 0 Å². The fraction of sp³-hybridized carbons (Fsp3) is 0.500. The molecule has 0 unspecified atom stereocenters. The molecule has 4 heteroatoms. The second-order valence-electron chi connectivity index (χ2n) is 2.78. The second kappa shape index (κ2) is 7.49. The Bertz CT molecular complexity index is 246. The molecule has 0 aromatic rings. The van der Waals surface area contributed by atoms with Gasteiger partial charge in [0, 0.05) is 10.8 Å². The molecule has 0 aromatic heterocycles. The van der Waals surface area contributed by atoms with Crippen LogP contribution in [0.2, 0.25) is 0 Å². The standard InChI is InChI=1S/C10H14OS3/c1-2-4-10(11)13-6-3-5-9-7-12-8-14-9/h2,4,7H,3,5-6,8H2,1H3. The van der Waals surface area contributed by atoms with E-state index in [-0.39, 0.29) is 5.12 Å². The Morgan fingerprint density at radius 2 is 2.57 bits per heavy atom. The van der Waals surface area contributed by atoms with Crippen molar-refractivity contribution in [2.45, 2.75) is 19.8 Å². The van der Waals surface area contributed by atoms with E-state index < -0.39 is 0 Å². The van der Waals surface area contributed by atoms with Crippen molar-refractivity contribution in [1.82, 2.24) is 0 Å². The lowest BCUT2D eigenvalue weighted by molar-refractivity contribution is -0.107. The predicted octanol–water partition coefficient (Wildman–Crippen LogP) is 3.88. The molecule has 78 valence electrons. The van der Waals surface area contributed by atoms with Crippen LogP contribution in [0.15, 0.2) is 22.5 Å². The van der Waals surface area contributed by atoms with Crippen LogP contribution in [0.3, 0.4) is 0 Å². The van der Waals surface area contributed by atoms with Crippen LogP contribution in [0.25, 0.3) is 0 Å². The number of carbonyl (C=O) groups excluding carboxylic acids is 1. The number of rotatable bonds is 5. The first-order chi connectivity index (χ1) is 6.83. The minimum Gasteiger partial charge on any atom is -0.282 e. The third-order valence-electron chi connectivity index (χ3n) is 1.64. The SMILES string of the molecule is CC=CC(=O)SCCCC1=CSCS1. The number of hydrogen-bond donors (Lipinski definition) is 0. The smallest absolute Gasteiger partial charge is 0.211 e. The summed E-state index contributed by atoms with van der Waals surface area (Å²) in [7, 11) is 0. The largest absolute Gasteiger partial charge is 0.282 e. The first-order valence-corrected chi connectivity index (χ1v) is 7.58. The molecule has 1 aliphatic rings. The van der Waals surface area contributed by atoms with Gasteiger partial charge in [0.2, 0.25) is 5.12 Å². The van der Waals surface area contributed by atoms with Gasteiger partial charge in [-0.15, -0.1) is 23.5 Å². The van der Waals surface area contributed by atoms with Crippen molar-refractivity contribution in [2.75, 3.05) is 10.8 Å². The van der Waals surface area contributed by atoms with Gasteiger partial charge in [-0.05, 0) is 36.2 Å². The topological polar surface area (TPSA) is 17.1 Å². The first kappa shape index (κ1) is 12.3. The number of carbonyl (C=O) groups is 1. The maximum Gasteiger partial charge on any atom is 0.211 e. The van der Waals surface area contributed by atoms with E-state index in [2.05, 4.69) is 5.41 Å². The molecule has 0 N–H and O–H groups in total. The van der Waals surface area contributed by atoms with E-state index in [0.29, 0.717) is 0 Å².